The molecule has 0 unspecified atom stereocenters. The largest absolute Gasteiger partial charge is 0.497 e. The van der Waals surface area contributed by atoms with Crippen LogP contribution in [0.4, 0.5) is 5.69 Å². The van der Waals surface area contributed by atoms with E-state index >= 15 is 0 Å². The van der Waals surface area contributed by atoms with Gasteiger partial charge in [0.05, 0.1) is 31.2 Å². The van der Waals surface area contributed by atoms with Gasteiger partial charge in [0.1, 0.15) is 17.1 Å². The average molecular weight is 524 g/mol. The SMILES string of the molecule is COc1ccc(CNS(=O)(=O)Nc2cccc(-c3cn4cc(C(=O)NC(C)C)ccc4n3)c2)c(OC)c1. The minimum absolute atomic E-state index is 0.0285. The number of nitrogens with one attached hydrogen (secondary N) is 3. The molecule has 0 aliphatic heterocycles. The third-order valence-corrected chi connectivity index (χ3v) is 6.52. The number of carbonyl (C=O) groups excluding carboxylic acids is 1. The molecule has 0 spiro atoms. The van der Waals surface area contributed by atoms with Crippen molar-refractivity contribution < 1.29 is 22.7 Å². The van der Waals surface area contributed by atoms with Crippen molar-refractivity contribution in [1.82, 2.24) is 19.4 Å². The normalized spacial score (nSPS) is 11.5. The van der Waals surface area contributed by atoms with Crippen molar-refractivity contribution in [3.8, 4) is 22.8 Å². The van der Waals surface area contributed by atoms with E-state index in [1.54, 1.807) is 72.4 Å². The lowest BCUT2D eigenvalue weighted by Gasteiger charge is -2.13. The van der Waals surface area contributed by atoms with Crippen LogP contribution in [0.5, 0.6) is 11.5 Å². The molecule has 0 radical (unpaired) electrons. The molecule has 3 N–H and O–H groups in total. The van der Waals surface area contributed by atoms with Gasteiger partial charge < -0.3 is 19.2 Å². The van der Waals surface area contributed by atoms with Gasteiger partial charge in [-0.15, -0.1) is 0 Å². The Balaban J connectivity index is 1.49. The Labute approximate surface area is 215 Å². The first-order valence-electron chi connectivity index (χ1n) is 11.6. The summed E-state index contributed by atoms with van der Waals surface area (Å²) in [4.78, 5) is 16.9. The zero-order valence-electron chi connectivity index (χ0n) is 21.0. The van der Waals surface area contributed by atoms with E-state index in [0.29, 0.717) is 45.2 Å². The van der Waals surface area contributed by atoms with Gasteiger partial charge >= 0.3 is 0 Å². The Morgan fingerprint density at radius 2 is 1.84 bits per heavy atom. The molecule has 0 aliphatic rings. The van der Waals surface area contributed by atoms with E-state index in [1.807, 2.05) is 19.9 Å². The third-order valence-electron chi connectivity index (χ3n) is 5.49. The number of benzene rings is 2. The molecule has 0 aliphatic carbocycles. The van der Waals surface area contributed by atoms with E-state index < -0.39 is 10.2 Å². The van der Waals surface area contributed by atoms with E-state index in [1.165, 1.54) is 7.11 Å². The highest BCUT2D eigenvalue weighted by molar-refractivity contribution is 7.90. The molecule has 0 saturated heterocycles. The number of hydrogen-bond donors (Lipinski definition) is 3. The highest BCUT2D eigenvalue weighted by atomic mass is 32.2. The second-order valence-electron chi connectivity index (χ2n) is 8.62. The van der Waals surface area contributed by atoms with Crippen LogP contribution < -0.4 is 24.2 Å². The number of carbonyl (C=O) groups is 1. The molecule has 0 bridgehead atoms. The summed E-state index contributed by atoms with van der Waals surface area (Å²) in [7, 11) is -0.821. The first kappa shape index (κ1) is 26.0. The summed E-state index contributed by atoms with van der Waals surface area (Å²) in [6.45, 7) is 3.83. The number of amides is 1. The van der Waals surface area contributed by atoms with Crippen LogP contribution in [-0.2, 0) is 16.8 Å². The molecule has 0 atom stereocenters. The molecular formula is C26H29N5O5S. The predicted molar refractivity (Wildman–Crippen MR) is 142 cm³/mol. The van der Waals surface area contributed by atoms with Crippen LogP contribution in [-0.4, -0.2) is 44.0 Å². The molecule has 1 amide bonds. The lowest BCUT2D eigenvalue weighted by molar-refractivity contribution is 0.0942. The Hall–Kier alpha value is -4.09. The molecule has 4 aromatic rings. The Morgan fingerprint density at radius 1 is 1.03 bits per heavy atom. The van der Waals surface area contributed by atoms with Crippen LogP contribution in [0, 0.1) is 0 Å². The maximum Gasteiger partial charge on any atom is 0.299 e. The molecule has 0 saturated carbocycles. The summed E-state index contributed by atoms with van der Waals surface area (Å²) in [5, 5.41) is 2.87. The fraction of sp³-hybridized carbons (Fsp3) is 0.231. The zero-order valence-corrected chi connectivity index (χ0v) is 21.8. The highest BCUT2D eigenvalue weighted by Gasteiger charge is 2.14. The van der Waals surface area contributed by atoms with Crippen LogP contribution in [0.25, 0.3) is 16.9 Å². The summed E-state index contributed by atoms with van der Waals surface area (Å²) in [5.74, 6) is 0.962. The minimum Gasteiger partial charge on any atom is -0.497 e. The quantitative estimate of drug-likeness (QED) is 0.292. The molecule has 10 nitrogen and oxygen atoms in total. The number of methoxy groups -OCH3 is 2. The smallest absolute Gasteiger partial charge is 0.299 e. The Kier molecular flexibility index (Phi) is 7.65. The van der Waals surface area contributed by atoms with Gasteiger partial charge in [0.2, 0.25) is 0 Å². The molecular weight excluding hydrogens is 494 g/mol. The summed E-state index contributed by atoms with van der Waals surface area (Å²) < 4.78 is 42.8. The maximum atomic E-state index is 12.7. The van der Waals surface area contributed by atoms with Crippen molar-refractivity contribution in [2.24, 2.45) is 0 Å². The number of anilines is 1. The molecule has 37 heavy (non-hydrogen) atoms. The van der Waals surface area contributed by atoms with Crippen molar-refractivity contribution in [1.29, 1.82) is 0 Å². The van der Waals surface area contributed by atoms with Crippen molar-refractivity contribution in [3.05, 3.63) is 78.1 Å². The summed E-state index contributed by atoms with van der Waals surface area (Å²) in [5.41, 5.74) is 3.57. The zero-order chi connectivity index (χ0) is 26.6. The van der Waals surface area contributed by atoms with Gasteiger partial charge in [0, 0.05) is 42.2 Å². The predicted octanol–water partition coefficient (Wildman–Crippen LogP) is 3.60. The minimum atomic E-state index is -3.88. The Bertz CT molecular complexity index is 1530. The second kappa shape index (κ2) is 10.9. The van der Waals surface area contributed by atoms with E-state index in [2.05, 4.69) is 19.7 Å². The lowest BCUT2D eigenvalue weighted by Crippen LogP contribution is -2.30. The van der Waals surface area contributed by atoms with E-state index in [-0.39, 0.29) is 18.5 Å². The monoisotopic (exact) mass is 523 g/mol. The topological polar surface area (TPSA) is 123 Å². The van der Waals surface area contributed by atoms with E-state index in [9.17, 15) is 13.2 Å². The van der Waals surface area contributed by atoms with Gasteiger partial charge in [-0.25, -0.2) is 4.98 Å². The molecule has 4 rings (SSSR count). The number of fused-ring (bicyclic) bond motifs is 1. The maximum absolute atomic E-state index is 12.7. The van der Waals surface area contributed by atoms with Crippen LogP contribution in [0.2, 0.25) is 0 Å². The van der Waals surface area contributed by atoms with Crippen molar-refractivity contribution in [3.63, 3.8) is 0 Å². The van der Waals surface area contributed by atoms with Gasteiger partial charge in [-0.1, -0.05) is 18.2 Å². The van der Waals surface area contributed by atoms with Gasteiger partial charge in [-0.2, -0.15) is 13.1 Å². The number of hydrogen-bond acceptors (Lipinski definition) is 6. The van der Waals surface area contributed by atoms with Crippen LogP contribution >= 0.6 is 0 Å². The van der Waals surface area contributed by atoms with Gasteiger partial charge in [-0.05, 0) is 44.2 Å². The number of nitrogens with zero attached hydrogens (tertiary/aromatic N) is 2. The van der Waals surface area contributed by atoms with Gasteiger partial charge in [0.15, 0.2) is 0 Å². The number of aromatic nitrogens is 2. The standard InChI is InChI=1S/C26H29N5O5S/c1-17(2)28-26(32)20-9-11-25-29-23(16-31(25)15-20)18-6-5-7-21(12-18)30-37(33,34)27-14-19-8-10-22(35-3)13-24(19)36-4/h5-13,15-17,27,30H,14H2,1-4H3,(H,28,32). The fourth-order valence-corrected chi connectivity index (χ4v) is 4.57. The van der Waals surface area contributed by atoms with Gasteiger partial charge in [-0.3, -0.25) is 9.52 Å². The summed E-state index contributed by atoms with van der Waals surface area (Å²) in [6, 6.07) is 15.6. The second-order valence-corrected chi connectivity index (χ2v) is 10.1. The van der Waals surface area contributed by atoms with Crippen LogP contribution in [0.1, 0.15) is 29.8 Å². The number of imidazole rings is 1. The fourth-order valence-electron chi connectivity index (χ4n) is 3.71. The van der Waals surface area contributed by atoms with Crippen LogP contribution in [0.3, 0.4) is 0 Å². The summed E-state index contributed by atoms with van der Waals surface area (Å²) >= 11 is 0. The van der Waals surface area contributed by atoms with Gasteiger partial charge in [0.25, 0.3) is 16.1 Å². The molecule has 11 heteroatoms. The van der Waals surface area contributed by atoms with Crippen molar-refractivity contribution in [2.75, 3.05) is 18.9 Å². The summed E-state index contributed by atoms with van der Waals surface area (Å²) in [6.07, 6.45) is 3.51. The van der Waals surface area contributed by atoms with E-state index in [4.69, 9.17) is 9.47 Å². The first-order chi connectivity index (χ1) is 17.7. The van der Waals surface area contributed by atoms with Crippen molar-refractivity contribution in [2.45, 2.75) is 26.4 Å². The van der Waals surface area contributed by atoms with E-state index in [0.717, 1.165) is 0 Å². The average Bonchev–Trinajstić information content (AvgIpc) is 3.30. The lowest BCUT2D eigenvalue weighted by atomic mass is 10.1. The third kappa shape index (κ3) is 6.38. The Morgan fingerprint density at radius 3 is 2.57 bits per heavy atom. The molecule has 194 valence electrons. The molecule has 2 aromatic heterocycles. The first-order valence-corrected chi connectivity index (χ1v) is 13.0. The number of ether oxygens (including phenoxy) is 2. The highest BCUT2D eigenvalue weighted by Crippen LogP contribution is 2.25. The molecule has 0 fully saturated rings. The number of rotatable bonds is 10. The van der Waals surface area contributed by atoms with Crippen LogP contribution in [0.15, 0.2) is 67.0 Å². The molecule has 2 heterocycles. The number of pyridine rings is 1. The van der Waals surface area contributed by atoms with Crippen molar-refractivity contribution >= 4 is 27.5 Å². The molecule has 2 aromatic carbocycles.